The van der Waals surface area contributed by atoms with E-state index in [4.69, 9.17) is 27.4 Å². The average molecular weight is 377 g/mol. The molecule has 0 aromatic heterocycles. The number of para-hydroxylation sites is 1. The minimum Gasteiger partial charge on any atom is -0.483 e. The van der Waals surface area contributed by atoms with Crippen LogP contribution in [0.15, 0.2) is 35.5 Å². The first-order chi connectivity index (χ1) is 12.5. The number of thiocarbonyl (C=S) groups is 1. The molecule has 1 atom stereocenters. The van der Waals surface area contributed by atoms with E-state index in [1.165, 1.54) is 0 Å². The number of amides is 1. The van der Waals surface area contributed by atoms with Crippen LogP contribution in [-0.2, 0) is 14.3 Å². The molecule has 0 radical (unpaired) electrons. The molecule has 26 heavy (non-hydrogen) atoms. The minimum absolute atomic E-state index is 0.257. The van der Waals surface area contributed by atoms with Gasteiger partial charge in [-0.05, 0) is 31.6 Å². The molecular formula is C18H23N3O4S. The molecule has 7 nitrogen and oxygen atoms in total. The van der Waals surface area contributed by atoms with Gasteiger partial charge >= 0.3 is 5.97 Å². The van der Waals surface area contributed by atoms with Crippen LogP contribution in [0.1, 0.15) is 38.3 Å². The van der Waals surface area contributed by atoms with Gasteiger partial charge in [-0.3, -0.25) is 4.79 Å². The Bertz CT molecular complexity index is 733. The van der Waals surface area contributed by atoms with Gasteiger partial charge in [0.15, 0.2) is 11.7 Å². The summed E-state index contributed by atoms with van der Waals surface area (Å²) in [5.74, 6) is -0.555. The van der Waals surface area contributed by atoms with E-state index in [0.717, 1.165) is 12.1 Å². The number of hydrogen-bond donors (Lipinski definition) is 3. The molecule has 0 bridgehead atoms. The number of ether oxygens (including phenoxy) is 2. The molecular weight excluding hydrogens is 354 g/mol. The Hall–Kier alpha value is -2.61. The maximum absolute atomic E-state index is 12.6. The lowest BCUT2D eigenvalue weighted by Crippen LogP contribution is -2.46. The molecule has 1 aliphatic rings. The van der Waals surface area contributed by atoms with Gasteiger partial charge in [-0.2, -0.15) is 0 Å². The van der Waals surface area contributed by atoms with Crippen LogP contribution in [0.5, 0.6) is 5.75 Å². The molecule has 1 aromatic carbocycles. The van der Waals surface area contributed by atoms with Gasteiger partial charge in [-0.15, -0.1) is 0 Å². The minimum atomic E-state index is -0.582. The second-order valence-corrected chi connectivity index (χ2v) is 6.10. The highest BCUT2D eigenvalue weighted by molar-refractivity contribution is 7.80. The molecule has 0 spiro atoms. The van der Waals surface area contributed by atoms with Crippen LogP contribution >= 0.6 is 12.2 Å². The molecule has 0 saturated heterocycles. The van der Waals surface area contributed by atoms with Crippen LogP contribution in [-0.4, -0.2) is 30.2 Å². The third-order valence-corrected chi connectivity index (χ3v) is 3.97. The van der Waals surface area contributed by atoms with E-state index < -0.39 is 17.9 Å². The summed E-state index contributed by atoms with van der Waals surface area (Å²) in [5, 5.41) is 6.58. The van der Waals surface area contributed by atoms with Crippen molar-refractivity contribution in [3.8, 4) is 5.75 Å². The first kappa shape index (κ1) is 19.7. The number of carbonyl (C=O) groups excluding carboxylic acids is 2. The Balaban J connectivity index is 2.50. The van der Waals surface area contributed by atoms with Crippen molar-refractivity contribution in [2.45, 2.75) is 32.7 Å². The Kier molecular flexibility index (Phi) is 6.97. The third-order valence-electron chi connectivity index (χ3n) is 3.75. The standard InChI is InChI=1S/C18H23N3O4S/c1-3-7-12-15(17(23)24-4-2)16(21-18(26)20-12)11-8-5-6-9-13(11)25-10-14(19)22/h5-6,8-9,16H,3-4,7,10H2,1-2H3,(H2,19,22)(H2,20,21,26)/t16-/m0/s1. The largest absolute Gasteiger partial charge is 0.483 e. The molecule has 4 N–H and O–H groups in total. The van der Waals surface area contributed by atoms with E-state index in [0.29, 0.717) is 28.4 Å². The van der Waals surface area contributed by atoms with E-state index >= 15 is 0 Å². The molecule has 140 valence electrons. The summed E-state index contributed by atoms with van der Waals surface area (Å²) in [5.41, 5.74) is 7.03. The van der Waals surface area contributed by atoms with Gasteiger partial charge < -0.3 is 25.8 Å². The molecule has 1 heterocycles. The number of hydrogen-bond acceptors (Lipinski definition) is 5. The molecule has 0 unspecified atom stereocenters. The molecule has 8 heteroatoms. The normalized spacial score (nSPS) is 16.5. The van der Waals surface area contributed by atoms with E-state index in [1.807, 2.05) is 19.1 Å². The van der Waals surface area contributed by atoms with Crippen LogP contribution in [0.3, 0.4) is 0 Å². The summed E-state index contributed by atoms with van der Waals surface area (Å²) in [4.78, 5) is 23.7. The monoisotopic (exact) mass is 377 g/mol. The zero-order valence-corrected chi connectivity index (χ0v) is 15.7. The summed E-state index contributed by atoms with van der Waals surface area (Å²) in [6.45, 7) is 3.78. The van der Waals surface area contributed by atoms with Crippen LogP contribution in [0.4, 0.5) is 0 Å². The Morgan fingerprint density at radius 2 is 2.00 bits per heavy atom. The molecule has 0 aliphatic carbocycles. The third kappa shape index (κ3) is 4.72. The smallest absolute Gasteiger partial charge is 0.338 e. The average Bonchev–Trinajstić information content (AvgIpc) is 2.60. The number of carbonyl (C=O) groups is 2. The number of nitrogens with two attached hydrogens (primary N) is 1. The number of nitrogens with one attached hydrogen (secondary N) is 2. The molecule has 1 aliphatic heterocycles. The highest BCUT2D eigenvalue weighted by Crippen LogP contribution is 2.34. The van der Waals surface area contributed by atoms with Gasteiger partial charge in [0, 0.05) is 11.3 Å². The zero-order valence-electron chi connectivity index (χ0n) is 14.8. The summed E-state index contributed by atoms with van der Waals surface area (Å²) >= 11 is 5.30. The Labute approximate surface area is 157 Å². The van der Waals surface area contributed by atoms with Gasteiger partial charge in [-0.1, -0.05) is 31.5 Å². The number of rotatable bonds is 8. The lowest BCUT2D eigenvalue weighted by molar-refractivity contribution is -0.139. The predicted octanol–water partition coefficient (Wildman–Crippen LogP) is 1.69. The lowest BCUT2D eigenvalue weighted by atomic mass is 9.93. The Morgan fingerprint density at radius 3 is 2.65 bits per heavy atom. The second-order valence-electron chi connectivity index (χ2n) is 5.69. The maximum atomic E-state index is 12.6. The molecule has 1 aromatic rings. The number of allylic oxidation sites excluding steroid dienone is 1. The number of benzene rings is 1. The van der Waals surface area contributed by atoms with Gasteiger partial charge in [0.25, 0.3) is 5.91 Å². The molecule has 0 saturated carbocycles. The highest BCUT2D eigenvalue weighted by Gasteiger charge is 2.33. The van der Waals surface area contributed by atoms with Crippen molar-refractivity contribution >= 4 is 29.2 Å². The van der Waals surface area contributed by atoms with Gasteiger partial charge in [0.2, 0.25) is 0 Å². The summed E-state index contributed by atoms with van der Waals surface area (Å²) in [6.07, 6.45) is 1.48. The summed E-state index contributed by atoms with van der Waals surface area (Å²) in [6, 6.07) is 6.58. The summed E-state index contributed by atoms with van der Waals surface area (Å²) < 4.78 is 10.8. The topological polar surface area (TPSA) is 103 Å². The van der Waals surface area contributed by atoms with Crippen LogP contribution < -0.4 is 21.1 Å². The maximum Gasteiger partial charge on any atom is 0.338 e. The van der Waals surface area contributed by atoms with Crippen molar-refractivity contribution in [3.05, 3.63) is 41.1 Å². The predicted molar refractivity (Wildman–Crippen MR) is 101 cm³/mol. The van der Waals surface area contributed by atoms with Crippen molar-refractivity contribution in [2.24, 2.45) is 5.73 Å². The van der Waals surface area contributed by atoms with Crippen LogP contribution in [0.25, 0.3) is 0 Å². The first-order valence-electron chi connectivity index (χ1n) is 8.45. The van der Waals surface area contributed by atoms with Gasteiger partial charge in [0.05, 0.1) is 18.2 Å². The number of esters is 1. The Morgan fingerprint density at radius 1 is 1.27 bits per heavy atom. The second kappa shape index (κ2) is 9.19. The summed E-state index contributed by atoms with van der Waals surface area (Å²) in [7, 11) is 0. The lowest BCUT2D eigenvalue weighted by Gasteiger charge is -2.31. The zero-order chi connectivity index (χ0) is 19.1. The van der Waals surface area contributed by atoms with Crippen molar-refractivity contribution < 1.29 is 19.1 Å². The van der Waals surface area contributed by atoms with Crippen molar-refractivity contribution in [3.63, 3.8) is 0 Å². The fourth-order valence-electron chi connectivity index (χ4n) is 2.75. The van der Waals surface area contributed by atoms with Gasteiger partial charge in [-0.25, -0.2) is 4.79 Å². The molecule has 2 rings (SSSR count). The quantitative estimate of drug-likeness (QED) is 0.468. The molecule has 0 fully saturated rings. The number of primary amides is 1. The molecule has 1 amide bonds. The first-order valence-corrected chi connectivity index (χ1v) is 8.86. The fraction of sp³-hybridized carbons (Fsp3) is 0.389. The fourth-order valence-corrected chi connectivity index (χ4v) is 2.99. The van der Waals surface area contributed by atoms with E-state index in [2.05, 4.69) is 10.6 Å². The van der Waals surface area contributed by atoms with Crippen molar-refractivity contribution in [2.75, 3.05) is 13.2 Å². The van der Waals surface area contributed by atoms with Crippen LogP contribution in [0, 0.1) is 0 Å². The van der Waals surface area contributed by atoms with Crippen molar-refractivity contribution in [1.29, 1.82) is 0 Å². The van der Waals surface area contributed by atoms with Crippen molar-refractivity contribution in [1.82, 2.24) is 10.6 Å². The van der Waals surface area contributed by atoms with E-state index in [9.17, 15) is 9.59 Å². The van der Waals surface area contributed by atoms with Crippen LogP contribution in [0.2, 0.25) is 0 Å². The highest BCUT2D eigenvalue weighted by atomic mass is 32.1. The van der Waals surface area contributed by atoms with E-state index in [1.54, 1.807) is 19.1 Å². The SMILES string of the molecule is CCCC1=C(C(=O)OCC)[C@H](c2ccccc2OCC(N)=O)NC(=S)N1. The van der Waals surface area contributed by atoms with E-state index in [-0.39, 0.29) is 13.2 Å². The van der Waals surface area contributed by atoms with Gasteiger partial charge in [0.1, 0.15) is 5.75 Å².